The van der Waals surface area contributed by atoms with Crippen LogP contribution in [-0.4, -0.2) is 19.4 Å². The summed E-state index contributed by atoms with van der Waals surface area (Å²) < 4.78 is 1.51. The first-order valence-electron chi connectivity index (χ1n) is 13.3. The van der Waals surface area contributed by atoms with Gasteiger partial charge >= 0.3 is 41.3 Å². The molecule has 5 heteroatoms. The third-order valence-corrected chi connectivity index (χ3v) is 11.5. The van der Waals surface area contributed by atoms with Crippen molar-refractivity contribution in [3.05, 3.63) is 74.8 Å². The van der Waals surface area contributed by atoms with E-state index < -0.39 is 16.1 Å². The van der Waals surface area contributed by atoms with Crippen molar-refractivity contribution >= 4 is 29.7 Å². The second-order valence-electron chi connectivity index (χ2n) is 13.0. The van der Waals surface area contributed by atoms with Crippen LogP contribution in [0.5, 0.6) is 0 Å². The van der Waals surface area contributed by atoms with E-state index in [2.05, 4.69) is 125 Å². The van der Waals surface area contributed by atoms with Crippen LogP contribution in [0.15, 0.2) is 24.3 Å². The molecule has 1 aliphatic rings. The number of aryl methyl sites for hydroxylation is 4. The minimum Gasteiger partial charge on any atom is -1.00 e. The van der Waals surface area contributed by atoms with Crippen molar-refractivity contribution in [2.45, 2.75) is 101 Å². The number of rotatable bonds is 2. The second kappa shape index (κ2) is 14.4. The maximum absolute atomic E-state index is 3.73. The van der Waals surface area contributed by atoms with Crippen LogP contribution in [0.25, 0.3) is 11.1 Å². The summed E-state index contributed by atoms with van der Waals surface area (Å²) >= 11 is 1.55. The molecule has 0 saturated carbocycles. The van der Waals surface area contributed by atoms with E-state index in [1.807, 2.05) is 0 Å². The molecule has 0 fully saturated rings. The van der Waals surface area contributed by atoms with Crippen LogP contribution < -0.4 is 35.2 Å². The SMILES string of the molecule is C[C](C)=[Zr+2].Cc1[c-]c2c(cc1[Si](C)(C)C)-c1cc([Si](C)(C)C)c(C)cc1C2.Cc1[cH-]c(C)c(C)c1C.[Cl-].[Cl-]. The minimum atomic E-state index is -1.33. The molecule has 1 aliphatic carbocycles. The van der Waals surface area contributed by atoms with Gasteiger partial charge in [0.1, 0.15) is 0 Å². The normalized spacial score (nSPS) is 11.6. The maximum atomic E-state index is 3.73. The van der Waals surface area contributed by atoms with E-state index in [0.29, 0.717) is 0 Å². The Bertz CT molecular complexity index is 1180. The zero-order valence-electron chi connectivity index (χ0n) is 26.3. The molecule has 3 aromatic carbocycles. The summed E-state index contributed by atoms with van der Waals surface area (Å²) in [6.07, 6.45) is 1.06. The maximum Gasteiger partial charge on any atom is 0.0779 e. The monoisotopic (exact) mass is 660 g/mol. The van der Waals surface area contributed by atoms with Gasteiger partial charge in [0.25, 0.3) is 0 Å². The summed E-state index contributed by atoms with van der Waals surface area (Å²) in [5.41, 5.74) is 14.5. The number of hydrogen-bond donors (Lipinski definition) is 0. The van der Waals surface area contributed by atoms with Crippen LogP contribution in [0, 0.1) is 47.6 Å². The van der Waals surface area contributed by atoms with Gasteiger partial charge in [-0.3, -0.25) is 0 Å². The molecule has 0 radical (unpaired) electrons. The topological polar surface area (TPSA) is 0 Å². The van der Waals surface area contributed by atoms with Crippen LogP contribution in [-0.2, 0) is 30.7 Å². The van der Waals surface area contributed by atoms with Crippen molar-refractivity contribution in [1.82, 2.24) is 0 Å². The van der Waals surface area contributed by atoms with Crippen molar-refractivity contribution in [3.63, 3.8) is 0 Å². The molecule has 3 aromatic rings. The average Bonchev–Trinajstić information content (AvgIpc) is 3.15. The molecule has 0 amide bonds. The Morgan fingerprint density at radius 1 is 0.737 bits per heavy atom. The van der Waals surface area contributed by atoms with Crippen LogP contribution in [0.1, 0.15) is 58.4 Å². The molecule has 208 valence electrons. The van der Waals surface area contributed by atoms with E-state index in [1.165, 1.54) is 58.8 Å². The van der Waals surface area contributed by atoms with Gasteiger partial charge in [-0.15, -0.1) is 11.1 Å². The summed E-state index contributed by atoms with van der Waals surface area (Å²) in [6, 6.07) is 13.4. The molecule has 0 spiro atoms. The molecule has 0 unspecified atom stereocenters. The third-order valence-electron chi connectivity index (χ3n) is 7.26. The van der Waals surface area contributed by atoms with E-state index in [4.69, 9.17) is 0 Å². The van der Waals surface area contributed by atoms with Gasteiger partial charge in [-0.1, -0.05) is 102 Å². The van der Waals surface area contributed by atoms with Gasteiger partial charge in [0.2, 0.25) is 0 Å². The molecular formula is C33H48Cl2Si2Zr-2. The fourth-order valence-corrected chi connectivity index (χ4v) is 8.75. The van der Waals surface area contributed by atoms with Gasteiger partial charge < -0.3 is 24.8 Å². The number of hydrogen-bond acceptors (Lipinski definition) is 0. The summed E-state index contributed by atoms with van der Waals surface area (Å²) in [5.74, 6) is 0. The zero-order chi connectivity index (χ0) is 27.7. The molecular weight excluding hydrogens is 615 g/mol. The Kier molecular flexibility index (Phi) is 14.3. The van der Waals surface area contributed by atoms with Crippen molar-refractivity contribution in [1.29, 1.82) is 0 Å². The van der Waals surface area contributed by atoms with Gasteiger partial charge in [-0.2, -0.15) is 51.2 Å². The quantitative estimate of drug-likeness (QED) is 0.228. The van der Waals surface area contributed by atoms with E-state index in [9.17, 15) is 0 Å². The molecule has 0 heterocycles. The first kappa shape index (κ1) is 37.6. The van der Waals surface area contributed by atoms with E-state index in [0.717, 1.165) is 6.42 Å². The fraction of sp³-hybridized carbons (Fsp3) is 0.455. The van der Waals surface area contributed by atoms with Gasteiger partial charge in [0.15, 0.2) is 0 Å². The number of fused-ring (bicyclic) bond motifs is 3. The van der Waals surface area contributed by atoms with Crippen molar-refractivity contribution in [2.75, 3.05) is 0 Å². The van der Waals surface area contributed by atoms with Crippen molar-refractivity contribution in [2.24, 2.45) is 0 Å². The summed E-state index contributed by atoms with van der Waals surface area (Å²) in [6.45, 7) is 32.1. The molecule has 0 nitrogen and oxygen atoms in total. The Morgan fingerprint density at radius 2 is 1.16 bits per heavy atom. The molecule has 0 saturated heterocycles. The summed E-state index contributed by atoms with van der Waals surface area (Å²) in [7, 11) is -2.63. The molecule has 0 aromatic heterocycles. The first-order chi connectivity index (χ1) is 16.3. The van der Waals surface area contributed by atoms with Gasteiger partial charge in [-0.25, -0.2) is 0 Å². The number of benzene rings is 2. The summed E-state index contributed by atoms with van der Waals surface area (Å²) in [5, 5.41) is 3.18. The second-order valence-corrected chi connectivity index (χ2v) is 25.5. The predicted molar refractivity (Wildman–Crippen MR) is 166 cm³/mol. The number of halogens is 2. The third kappa shape index (κ3) is 9.30. The molecule has 0 aliphatic heterocycles. The Hall–Kier alpha value is -0.443. The van der Waals surface area contributed by atoms with Crippen molar-refractivity contribution < 1.29 is 49.0 Å². The van der Waals surface area contributed by atoms with E-state index in [-0.39, 0.29) is 24.8 Å². The fourth-order valence-electron chi connectivity index (χ4n) is 5.16. The standard InChI is InChI=1S/C21H29Si2.C9H13.C3H6.2ClH.Zr/c1-14-9-16-11-17-10-15(2)21(23(6,7)8)13-19(17)18(16)12-20(14)22(3,4)5;1-6-5-7(2)9(4)8(6)3;1-3-2;;;/h9,12-13H,11H2,1-8H3;5H,1-4H3;1-2H3;2*1H;/q2*-1;;;;+2/p-2. The summed E-state index contributed by atoms with van der Waals surface area (Å²) in [4.78, 5) is 0. The largest absolute Gasteiger partial charge is 1.00 e. The van der Waals surface area contributed by atoms with Gasteiger partial charge in [-0.05, 0) is 18.9 Å². The van der Waals surface area contributed by atoms with Crippen molar-refractivity contribution in [3.8, 4) is 11.1 Å². The Morgan fingerprint density at radius 3 is 1.53 bits per heavy atom. The Labute approximate surface area is 264 Å². The first-order valence-corrected chi connectivity index (χ1v) is 21.5. The smallest absolute Gasteiger partial charge is 0.0779 e. The van der Waals surface area contributed by atoms with Crippen LogP contribution >= 0.6 is 0 Å². The van der Waals surface area contributed by atoms with Crippen LogP contribution in [0.4, 0.5) is 0 Å². The predicted octanol–water partition coefficient (Wildman–Crippen LogP) is 2.16. The van der Waals surface area contributed by atoms with Gasteiger partial charge in [0.05, 0.1) is 8.07 Å². The molecule has 0 N–H and O–H groups in total. The zero-order valence-corrected chi connectivity index (χ0v) is 32.2. The Balaban J connectivity index is 0.000000764. The van der Waals surface area contributed by atoms with Crippen LogP contribution in [0.2, 0.25) is 39.3 Å². The van der Waals surface area contributed by atoms with E-state index >= 15 is 0 Å². The van der Waals surface area contributed by atoms with E-state index in [1.54, 1.807) is 34.6 Å². The molecule has 4 rings (SSSR count). The molecule has 0 atom stereocenters. The minimum absolute atomic E-state index is 0. The molecule has 0 bridgehead atoms. The molecule has 38 heavy (non-hydrogen) atoms. The van der Waals surface area contributed by atoms with Gasteiger partial charge in [0, 0.05) is 8.07 Å². The average molecular weight is 663 g/mol. The van der Waals surface area contributed by atoms with Crippen LogP contribution in [0.3, 0.4) is 0 Å².